The number of rotatable bonds is 7. The summed E-state index contributed by atoms with van der Waals surface area (Å²) in [5.41, 5.74) is 5.84. The van der Waals surface area contributed by atoms with Crippen molar-refractivity contribution in [2.24, 2.45) is 5.73 Å². The van der Waals surface area contributed by atoms with Crippen molar-refractivity contribution in [1.29, 1.82) is 0 Å². The van der Waals surface area contributed by atoms with Gasteiger partial charge in [0.1, 0.15) is 5.82 Å². The normalized spacial score (nSPS) is 12.7. The largest absolute Gasteiger partial charge is 0.380 e. The zero-order valence-electron chi connectivity index (χ0n) is 9.49. The molecule has 16 heavy (non-hydrogen) atoms. The van der Waals surface area contributed by atoms with E-state index in [2.05, 4.69) is 6.92 Å². The molecule has 0 aliphatic rings. The SMILES string of the molecule is CCCOCC(N)CSc1ccccc1F. The minimum atomic E-state index is -0.186. The van der Waals surface area contributed by atoms with Gasteiger partial charge in [0.15, 0.2) is 0 Å². The van der Waals surface area contributed by atoms with E-state index in [9.17, 15) is 4.39 Å². The zero-order chi connectivity index (χ0) is 11.8. The van der Waals surface area contributed by atoms with Gasteiger partial charge >= 0.3 is 0 Å². The Hall–Kier alpha value is -0.580. The molecule has 0 aliphatic carbocycles. The van der Waals surface area contributed by atoms with E-state index < -0.39 is 0 Å². The smallest absolute Gasteiger partial charge is 0.136 e. The van der Waals surface area contributed by atoms with Crippen LogP contribution in [0.25, 0.3) is 0 Å². The van der Waals surface area contributed by atoms with Crippen LogP contribution in [0, 0.1) is 5.82 Å². The average Bonchev–Trinajstić information content (AvgIpc) is 2.28. The highest BCUT2D eigenvalue weighted by Gasteiger charge is 2.06. The summed E-state index contributed by atoms with van der Waals surface area (Å²) in [6.07, 6.45) is 0.993. The lowest BCUT2D eigenvalue weighted by atomic mass is 10.3. The maximum absolute atomic E-state index is 13.3. The molecule has 0 aromatic heterocycles. The molecular weight excluding hydrogens is 225 g/mol. The van der Waals surface area contributed by atoms with E-state index in [1.54, 1.807) is 12.1 Å². The van der Waals surface area contributed by atoms with Crippen LogP contribution in [0.3, 0.4) is 0 Å². The zero-order valence-corrected chi connectivity index (χ0v) is 10.3. The summed E-state index contributed by atoms with van der Waals surface area (Å²) in [5, 5.41) is 0. The minimum Gasteiger partial charge on any atom is -0.380 e. The molecule has 0 bridgehead atoms. The van der Waals surface area contributed by atoms with E-state index in [-0.39, 0.29) is 11.9 Å². The molecule has 4 heteroatoms. The number of benzene rings is 1. The van der Waals surface area contributed by atoms with Crippen LogP contribution in [0.5, 0.6) is 0 Å². The van der Waals surface area contributed by atoms with Crippen LogP contribution in [0.4, 0.5) is 4.39 Å². The van der Waals surface area contributed by atoms with E-state index >= 15 is 0 Å². The molecule has 0 amide bonds. The van der Waals surface area contributed by atoms with Gasteiger partial charge in [-0.25, -0.2) is 4.39 Å². The first-order valence-corrected chi connectivity index (χ1v) is 6.43. The Balaban J connectivity index is 2.26. The van der Waals surface area contributed by atoms with Crippen molar-refractivity contribution in [1.82, 2.24) is 0 Å². The minimum absolute atomic E-state index is 0.0452. The number of hydrogen-bond acceptors (Lipinski definition) is 3. The van der Waals surface area contributed by atoms with Crippen molar-refractivity contribution in [2.75, 3.05) is 19.0 Å². The summed E-state index contributed by atoms with van der Waals surface area (Å²) in [5.74, 6) is 0.485. The molecule has 1 unspecified atom stereocenters. The Morgan fingerprint density at radius 1 is 1.44 bits per heavy atom. The van der Waals surface area contributed by atoms with E-state index in [1.165, 1.54) is 17.8 Å². The van der Waals surface area contributed by atoms with Gasteiger partial charge in [0.25, 0.3) is 0 Å². The lowest BCUT2D eigenvalue weighted by molar-refractivity contribution is 0.126. The summed E-state index contributed by atoms with van der Waals surface area (Å²) >= 11 is 1.43. The maximum Gasteiger partial charge on any atom is 0.136 e. The number of hydrogen-bond donors (Lipinski definition) is 1. The molecule has 0 saturated carbocycles. The van der Waals surface area contributed by atoms with Crippen LogP contribution in [0.2, 0.25) is 0 Å². The average molecular weight is 243 g/mol. The lowest BCUT2D eigenvalue weighted by Gasteiger charge is -2.11. The third-order valence-electron chi connectivity index (χ3n) is 1.97. The summed E-state index contributed by atoms with van der Waals surface area (Å²) in [6, 6.07) is 6.69. The van der Waals surface area contributed by atoms with Crippen LogP contribution in [-0.4, -0.2) is 25.0 Å². The van der Waals surface area contributed by atoms with E-state index in [0.29, 0.717) is 17.3 Å². The Kier molecular flexibility index (Phi) is 6.45. The van der Waals surface area contributed by atoms with Crippen LogP contribution in [0.1, 0.15) is 13.3 Å². The first-order chi connectivity index (χ1) is 7.74. The van der Waals surface area contributed by atoms with Crippen molar-refractivity contribution < 1.29 is 9.13 Å². The van der Waals surface area contributed by atoms with Gasteiger partial charge < -0.3 is 10.5 Å². The van der Waals surface area contributed by atoms with Crippen molar-refractivity contribution in [3.63, 3.8) is 0 Å². The molecule has 2 nitrogen and oxygen atoms in total. The third-order valence-corrected chi connectivity index (χ3v) is 3.21. The Morgan fingerprint density at radius 3 is 2.88 bits per heavy atom. The van der Waals surface area contributed by atoms with E-state index in [1.807, 2.05) is 6.07 Å². The third kappa shape index (κ3) is 4.96. The number of nitrogens with two attached hydrogens (primary N) is 1. The summed E-state index contributed by atoms with van der Waals surface area (Å²) < 4.78 is 18.6. The fourth-order valence-electron chi connectivity index (χ4n) is 1.19. The molecule has 0 radical (unpaired) electrons. The topological polar surface area (TPSA) is 35.2 Å². The number of thioether (sulfide) groups is 1. The number of halogens is 1. The molecule has 2 N–H and O–H groups in total. The van der Waals surface area contributed by atoms with Crippen molar-refractivity contribution in [3.8, 4) is 0 Å². The molecule has 1 aromatic rings. The fourth-order valence-corrected chi connectivity index (χ4v) is 2.06. The van der Waals surface area contributed by atoms with Gasteiger partial charge in [0.2, 0.25) is 0 Å². The predicted molar refractivity (Wildman–Crippen MR) is 66.2 cm³/mol. The van der Waals surface area contributed by atoms with Crippen molar-refractivity contribution in [2.45, 2.75) is 24.3 Å². The van der Waals surface area contributed by atoms with Crippen molar-refractivity contribution >= 4 is 11.8 Å². The molecule has 0 heterocycles. The van der Waals surface area contributed by atoms with Crippen LogP contribution < -0.4 is 5.73 Å². The standard InChI is InChI=1S/C12H18FNOS/c1-2-7-15-8-10(14)9-16-12-6-4-3-5-11(12)13/h3-6,10H,2,7-9,14H2,1H3. The Bertz CT molecular complexity index is 309. The maximum atomic E-state index is 13.3. The fraction of sp³-hybridized carbons (Fsp3) is 0.500. The van der Waals surface area contributed by atoms with E-state index in [0.717, 1.165) is 13.0 Å². The summed E-state index contributed by atoms with van der Waals surface area (Å²) in [7, 11) is 0. The first kappa shape index (κ1) is 13.5. The molecule has 0 saturated heterocycles. The van der Waals surface area contributed by atoms with Gasteiger partial charge in [-0.2, -0.15) is 0 Å². The van der Waals surface area contributed by atoms with Gasteiger partial charge in [0, 0.05) is 23.3 Å². The highest BCUT2D eigenvalue weighted by atomic mass is 32.2. The van der Waals surface area contributed by atoms with E-state index in [4.69, 9.17) is 10.5 Å². The lowest BCUT2D eigenvalue weighted by Crippen LogP contribution is -2.28. The second kappa shape index (κ2) is 7.65. The van der Waals surface area contributed by atoms with Gasteiger partial charge in [-0.15, -0.1) is 11.8 Å². The van der Waals surface area contributed by atoms with Gasteiger partial charge in [-0.1, -0.05) is 19.1 Å². The molecule has 1 aromatic carbocycles. The molecule has 90 valence electrons. The van der Waals surface area contributed by atoms with Crippen molar-refractivity contribution in [3.05, 3.63) is 30.1 Å². The molecule has 1 rings (SSSR count). The van der Waals surface area contributed by atoms with Gasteiger partial charge in [-0.3, -0.25) is 0 Å². The Labute approximate surface area is 100 Å². The summed E-state index contributed by atoms with van der Waals surface area (Å²) in [4.78, 5) is 0.647. The number of ether oxygens (including phenoxy) is 1. The second-order valence-electron chi connectivity index (χ2n) is 3.58. The first-order valence-electron chi connectivity index (χ1n) is 5.44. The second-order valence-corrected chi connectivity index (χ2v) is 4.64. The molecule has 0 aliphatic heterocycles. The highest BCUT2D eigenvalue weighted by molar-refractivity contribution is 7.99. The van der Waals surface area contributed by atoms with Gasteiger partial charge in [0.05, 0.1) is 6.61 Å². The monoisotopic (exact) mass is 243 g/mol. The van der Waals surface area contributed by atoms with Crippen LogP contribution in [0.15, 0.2) is 29.2 Å². The Morgan fingerprint density at radius 2 is 2.19 bits per heavy atom. The van der Waals surface area contributed by atoms with Crippen LogP contribution in [-0.2, 0) is 4.74 Å². The molecule has 0 fully saturated rings. The molecular formula is C12H18FNOS. The quantitative estimate of drug-likeness (QED) is 0.590. The predicted octanol–water partition coefficient (Wildman–Crippen LogP) is 2.67. The molecule has 1 atom stereocenters. The summed E-state index contributed by atoms with van der Waals surface area (Å²) in [6.45, 7) is 3.33. The molecule has 0 spiro atoms. The van der Waals surface area contributed by atoms with Crippen LogP contribution >= 0.6 is 11.8 Å². The highest BCUT2D eigenvalue weighted by Crippen LogP contribution is 2.21. The van der Waals surface area contributed by atoms with Gasteiger partial charge in [-0.05, 0) is 18.6 Å².